The Hall–Kier alpha value is -0.940. The second-order valence-electron chi connectivity index (χ2n) is 4.38. The summed E-state index contributed by atoms with van der Waals surface area (Å²) in [6.07, 6.45) is 0. The molecule has 3 N–H and O–H groups in total. The molecule has 1 heterocycles. The fourth-order valence-corrected chi connectivity index (χ4v) is 1.31. The zero-order chi connectivity index (χ0) is 11.5. The van der Waals surface area contributed by atoms with Crippen LogP contribution in [-0.2, 0) is 5.41 Å². The molecule has 0 aromatic carbocycles. The van der Waals surface area contributed by atoms with Gasteiger partial charge in [-0.3, -0.25) is 0 Å². The van der Waals surface area contributed by atoms with Crippen LogP contribution in [0.4, 0.5) is 5.82 Å². The van der Waals surface area contributed by atoms with Crippen molar-refractivity contribution in [2.24, 2.45) is 0 Å². The van der Waals surface area contributed by atoms with Crippen molar-refractivity contribution < 1.29 is 5.11 Å². The van der Waals surface area contributed by atoms with E-state index in [1.807, 2.05) is 0 Å². The van der Waals surface area contributed by atoms with Crippen molar-refractivity contribution in [3.05, 3.63) is 16.5 Å². The van der Waals surface area contributed by atoms with Gasteiger partial charge in [0.2, 0.25) is 0 Å². The maximum absolute atomic E-state index is 8.71. The summed E-state index contributed by atoms with van der Waals surface area (Å²) in [5.41, 5.74) is -0.0650. The van der Waals surface area contributed by atoms with Gasteiger partial charge in [-0.15, -0.1) is 0 Å². The van der Waals surface area contributed by atoms with Gasteiger partial charge in [-0.05, 0) is 0 Å². The third-order valence-corrected chi connectivity index (χ3v) is 2.09. The Labute approximate surface area is 94.8 Å². The van der Waals surface area contributed by atoms with Crippen molar-refractivity contribution in [3.8, 4) is 0 Å². The molecule has 1 aromatic heterocycles. The standard InChI is InChI=1S/C10H17N3OS/c1-10(2,3)9-12-7(11-4-5-14)6-8(15)13-9/h6,14H,4-5H2,1-3H3,(H2,11,12,13,15). The normalized spacial score (nSPS) is 11.5. The fourth-order valence-electron chi connectivity index (χ4n) is 1.10. The van der Waals surface area contributed by atoms with Crippen LogP contribution in [0.5, 0.6) is 0 Å². The number of nitrogens with one attached hydrogen (secondary N) is 2. The lowest BCUT2D eigenvalue weighted by Gasteiger charge is -2.18. The van der Waals surface area contributed by atoms with E-state index in [0.717, 1.165) is 11.6 Å². The zero-order valence-corrected chi connectivity index (χ0v) is 10.1. The highest BCUT2D eigenvalue weighted by atomic mass is 32.1. The van der Waals surface area contributed by atoms with E-state index in [1.165, 1.54) is 0 Å². The summed E-state index contributed by atoms with van der Waals surface area (Å²) in [4.78, 5) is 7.43. The van der Waals surface area contributed by atoms with Crippen LogP contribution in [0.2, 0.25) is 0 Å². The summed E-state index contributed by atoms with van der Waals surface area (Å²) in [6.45, 7) is 6.79. The van der Waals surface area contributed by atoms with Gasteiger partial charge >= 0.3 is 0 Å². The summed E-state index contributed by atoms with van der Waals surface area (Å²) in [6, 6.07) is 1.75. The van der Waals surface area contributed by atoms with E-state index in [1.54, 1.807) is 6.07 Å². The highest BCUT2D eigenvalue weighted by Gasteiger charge is 2.16. The molecular formula is C10H17N3OS. The van der Waals surface area contributed by atoms with Crippen molar-refractivity contribution in [2.75, 3.05) is 18.5 Å². The quantitative estimate of drug-likeness (QED) is 0.690. The average molecular weight is 227 g/mol. The van der Waals surface area contributed by atoms with Crippen LogP contribution in [0.15, 0.2) is 6.07 Å². The van der Waals surface area contributed by atoms with Gasteiger partial charge < -0.3 is 15.4 Å². The van der Waals surface area contributed by atoms with Crippen LogP contribution in [0, 0.1) is 4.64 Å². The second-order valence-corrected chi connectivity index (χ2v) is 4.80. The van der Waals surface area contributed by atoms with Gasteiger partial charge in [-0.1, -0.05) is 33.0 Å². The van der Waals surface area contributed by atoms with Crippen LogP contribution in [0.25, 0.3) is 0 Å². The van der Waals surface area contributed by atoms with Crippen LogP contribution < -0.4 is 5.32 Å². The van der Waals surface area contributed by atoms with Crippen LogP contribution in [-0.4, -0.2) is 28.2 Å². The van der Waals surface area contributed by atoms with Gasteiger partial charge in [0.25, 0.3) is 0 Å². The molecule has 0 atom stereocenters. The van der Waals surface area contributed by atoms with E-state index in [-0.39, 0.29) is 12.0 Å². The minimum atomic E-state index is -0.0650. The van der Waals surface area contributed by atoms with E-state index < -0.39 is 0 Å². The number of hydrogen-bond acceptors (Lipinski definition) is 4. The molecule has 0 saturated heterocycles. The lowest BCUT2D eigenvalue weighted by molar-refractivity contribution is 0.311. The van der Waals surface area contributed by atoms with E-state index in [9.17, 15) is 0 Å². The molecule has 0 saturated carbocycles. The van der Waals surface area contributed by atoms with Gasteiger partial charge in [-0.2, -0.15) is 0 Å². The first-order valence-electron chi connectivity index (χ1n) is 4.90. The minimum absolute atomic E-state index is 0.0650. The molecular weight excluding hydrogens is 210 g/mol. The number of rotatable bonds is 3. The Morgan fingerprint density at radius 2 is 2.20 bits per heavy atom. The monoisotopic (exact) mass is 227 g/mol. The fraction of sp³-hybridized carbons (Fsp3) is 0.600. The highest BCUT2D eigenvalue weighted by Crippen LogP contribution is 2.19. The summed E-state index contributed by atoms with van der Waals surface area (Å²) in [7, 11) is 0. The first-order chi connectivity index (χ1) is 6.93. The lowest BCUT2D eigenvalue weighted by atomic mass is 9.96. The molecule has 1 rings (SSSR count). The van der Waals surface area contributed by atoms with Crippen molar-refractivity contribution >= 4 is 18.0 Å². The smallest absolute Gasteiger partial charge is 0.131 e. The van der Waals surface area contributed by atoms with Crippen molar-refractivity contribution in [2.45, 2.75) is 26.2 Å². The molecule has 0 aliphatic carbocycles. The summed E-state index contributed by atoms with van der Waals surface area (Å²) in [5, 5.41) is 11.7. The molecule has 0 aliphatic heterocycles. The predicted molar refractivity (Wildman–Crippen MR) is 63.7 cm³/mol. The Morgan fingerprint density at radius 3 is 2.73 bits per heavy atom. The zero-order valence-electron chi connectivity index (χ0n) is 9.29. The van der Waals surface area contributed by atoms with Crippen LogP contribution >= 0.6 is 12.2 Å². The van der Waals surface area contributed by atoms with Gasteiger partial charge in [0, 0.05) is 18.0 Å². The average Bonchev–Trinajstić information content (AvgIpc) is 2.12. The van der Waals surface area contributed by atoms with Gasteiger partial charge in [0.05, 0.1) is 6.61 Å². The Bertz CT molecular complexity index is 381. The predicted octanol–water partition coefficient (Wildman–Crippen LogP) is 1.84. The summed E-state index contributed by atoms with van der Waals surface area (Å²) >= 11 is 5.07. The van der Waals surface area contributed by atoms with Crippen molar-refractivity contribution in [1.82, 2.24) is 9.97 Å². The van der Waals surface area contributed by atoms with Crippen LogP contribution in [0.3, 0.4) is 0 Å². The molecule has 1 aromatic rings. The number of hydrogen-bond donors (Lipinski definition) is 3. The molecule has 0 bridgehead atoms. The molecule has 0 unspecified atom stereocenters. The molecule has 4 nitrogen and oxygen atoms in total. The van der Waals surface area contributed by atoms with Gasteiger partial charge in [-0.25, -0.2) is 4.98 Å². The molecule has 0 fully saturated rings. The molecule has 15 heavy (non-hydrogen) atoms. The number of aliphatic hydroxyl groups excluding tert-OH is 1. The molecule has 0 radical (unpaired) electrons. The maximum atomic E-state index is 8.71. The van der Waals surface area contributed by atoms with Crippen molar-refractivity contribution in [1.29, 1.82) is 0 Å². The Kier molecular flexibility index (Phi) is 3.82. The topological polar surface area (TPSA) is 60.9 Å². The third kappa shape index (κ3) is 3.60. The molecule has 84 valence electrons. The largest absolute Gasteiger partial charge is 0.395 e. The Morgan fingerprint density at radius 1 is 1.53 bits per heavy atom. The SMILES string of the molecule is CC(C)(C)c1nc(=S)cc(NCCO)[nH]1. The first-order valence-corrected chi connectivity index (χ1v) is 5.31. The van der Waals surface area contributed by atoms with E-state index in [0.29, 0.717) is 11.2 Å². The number of H-pyrrole nitrogens is 1. The number of aromatic nitrogens is 2. The third-order valence-electron chi connectivity index (χ3n) is 1.88. The molecule has 0 spiro atoms. The minimum Gasteiger partial charge on any atom is -0.395 e. The van der Waals surface area contributed by atoms with Gasteiger partial charge in [0.15, 0.2) is 0 Å². The lowest BCUT2D eigenvalue weighted by Crippen LogP contribution is -2.18. The summed E-state index contributed by atoms with van der Waals surface area (Å²) in [5.74, 6) is 1.64. The second kappa shape index (κ2) is 4.72. The summed E-state index contributed by atoms with van der Waals surface area (Å²) < 4.78 is 0.555. The maximum Gasteiger partial charge on any atom is 0.131 e. The highest BCUT2D eigenvalue weighted by molar-refractivity contribution is 7.71. The van der Waals surface area contributed by atoms with Crippen LogP contribution in [0.1, 0.15) is 26.6 Å². The first kappa shape index (κ1) is 12.1. The Balaban J connectivity index is 3.01. The number of nitrogens with zero attached hydrogens (tertiary/aromatic N) is 1. The molecule has 0 amide bonds. The van der Waals surface area contributed by atoms with Crippen molar-refractivity contribution in [3.63, 3.8) is 0 Å². The molecule has 5 heteroatoms. The number of anilines is 1. The van der Waals surface area contributed by atoms with E-state index in [4.69, 9.17) is 17.3 Å². The van der Waals surface area contributed by atoms with E-state index >= 15 is 0 Å². The number of aliphatic hydroxyl groups is 1. The van der Waals surface area contributed by atoms with E-state index in [2.05, 4.69) is 36.1 Å². The number of aromatic amines is 1. The van der Waals surface area contributed by atoms with Gasteiger partial charge in [0.1, 0.15) is 16.3 Å². The molecule has 0 aliphatic rings.